The molecule has 96 valence electrons. The van der Waals surface area contributed by atoms with Crippen LogP contribution in [0.4, 0.5) is 5.13 Å². The number of aromatic amines is 1. The number of anilines is 1. The number of nitrogens with zero attached hydrogens (tertiary/aromatic N) is 1. The summed E-state index contributed by atoms with van der Waals surface area (Å²) in [7, 11) is 0. The Kier molecular flexibility index (Phi) is 3.52. The van der Waals surface area contributed by atoms with Crippen LogP contribution in [0.5, 0.6) is 0 Å². The highest BCUT2D eigenvalue weighted by Crippen LogP contribution is 2.21. The average molecular weight is 263 g/mol. The van der Waals surface area contributed by atoms with Crippen LogP contribution < -0.4 is 5.32 Å². The predicted octanol–water partition coefficient (Wildman–Crippen LogP) is 2.89. The Morgan fingerprint density at radius 1 is 1.39 bits per heavy atom. The fourth-order valence-corrected chi connectivity index (χ4v) is 2.66. The molecule has 2 rings (SSSR count). The molecular weight excluding hydrogens is 246 g/mol. The van der Waals surface area contributed by atoms with E-state index < -0.39 is 0 Å². The second-order valence-corrected chi connectivity index (χ2v) is 5.69. The van der Waals surface area contributed by atoms with Gasteiger partial charge in [0, 0.05) is 16.3 Å². The minimum Gasteiger partial charge on any atom is -0.362 e. The number of aromatic nitrogens is 2. The number of H-pyrrole nitrogens is 1. The van der Waals surface area contributed by atoms with Crippen molar-refractivity contribution in [2.75, 3.05) is 5.32 Å². The molecule has 1 amide bonds. The molecule has 0 saturated heterocycles. The SMILES string of the molecule is Cc1cc(CC(=O)Nc2nc(C)c(C)s2)c(C)[nH]1. The van der Waals surface area contributed by atoms with Crippen molar-refractivity contribution < 1.29 is 4.79 Å². The molecule has 0 unspecified atom stereocenters. The second kappa shape index (κ2) is 4.94. The molecule has 0 aliphatic rings. The molecule has 0 radical (unpaired) electrons. The molecule has 4 nitrogen and oxygen atoms in total. The van der Waals surface area contributed by atoms with Crippen molar-refractivity contribution >= 4 is 22.4 Å². The first kappa shape index (κ1) is 12.8. The largest absolute Gasteiger partial charge is 0.362 e. The van der Waals surface area contributed by atoms with E-state index in [1.165, 1.54) is 11.3 Å². The molecule has 0 spiro atoms. The average Bonchev–Trinajstić information content (AvgIpc) is 2.71. The van der Waals surface area contributed by atoms with E-state index in [9.17, 15) is 4.79 Å². The normalized spacial score (nSPS) is 10.7. The van der Waals surface area contributed by atoms with Crippen LogP contribution in [-0.2, 0) is 11.2 Å². The second-order valence-electron chi connectivity index (χ2n) is 4.49. The monoisotopic (exact) mass is 263 g/mol. The maximum Gasteiger partial charge on any atom is 0.230 e. The van der Waals surface area contributed by atoms with Gasteiger partial charge in [-0.25, -0.2) is 4.98 Å². The number of thiazole rings is 1. The molecule has 0 atom stereocenters. The van der Waals surface area contributed by atoms with Crippen molar-refractivity contribution in [3.8, 4) is 0 Å². The quantitative estimate of drug-likeness (QED) is 0.894. The third-order valence-corrected chi connectivity index (χ3v) is 3.87. The zero-order chi connectivity index (χ0) is 13.3. The lowest BCUT2D eigenvalue weighted by molar-refractivity contribution is -0.115. The minimum absolute atomic E-state index is 0.0224. The van der Waals surface area contributed by atoms with E-state index in [-0.39, 0.29) is 5.91 Å². The lowest BCUT2D eigenvalue weighted by atomic mass is 10.2. The first-order chi connectivity index (χ1) is 8.45. The zero-order valence-corrected chi connectivity index (χ0v) is 11.9. The Morgan fingerprint density at radius 2 is 2.11 bits per heavy atom. The molecule has 0 aromatic carbocycles. The van der Waals surface area contributed by atoms with E-state index in [4.69, 9.17) is 0 Å². The summed E-state index contributed by atoms with van der Waals surface area (Å²) in [6.45, 7) is 7.92. The van der Waals surface area contributed by atoms with Gasteiger partial charge in [0.05, 0.1) is 12.1 Å². The van der Waals surface area contributed by atoms with Crippen LogP contribution in [0, 0.1) is 27.7 Å². The highest BCUT2D eigenvalue weighted by molar-refractivity contribution is 7.15. The molecule has 2 heterocycles. The van der Waals surface area contributed by atoms with Crippen LogP contribution >= 0.6 is 11.3 Å². The molecule has 5 heteroatoms. The summed E-state index contributed by atoms with van der Waals surface area (Å²) in [5.41, 5.74) is 4.14. The van der Waals surface area contributed by atoms with Crippen molar-refractivity contribution in [3.05, 3.63) is 33.6 Å². The van der Waals surface area contributed by atoms with E-state index >= 15 is 0 Å². The van der Waals surface area contributed by atoms with Crippen LogP contribution in [0.2, 0.25) is 0 Å². The van der Waals surface area contributed by atoms with Gasteiger partial charge in [0.15, 0.2) is 5.13 Å². The summed E-state index contributed by atoms with van der Waals surface area (Å²) in [5, 5.41) is 3.52. The lowest BCUT2D eigenvalue weighted by Crippen LogP contribution is -2.14. The summed E-state index contributed by atoms with van der Waals surface area (Å²) in [6, 6.07) is 2.01. The number of rotatable bonds is 3. The fourth-order valence-electron chi connectivity index (χ4n) is 1.83. The number of carbonyl (C=O) groups is 1. The molecule has 0 saturated carbocycles. The summed E-state index contributed by atoms with van der Waals surface area (Å²) in [6.07, 6.45) is 0.383. The minimum atomic E-state index is -0.0224. The maximum absolute atomic E-state index is 11.9. The van der Waals surface area contributed by atoms with Crippen molar-refractivity contribution in [2.45, 2.75) is 34.1 Å². The molecule has 18 heavy (non-hydrogen) atoms. The van der Waals surface area contributed by atoms with Crippen LogP contribution in [0.1, 0.15) is 27.5 Å². The molecule has 2 N–H and O–H groups in total. The highest BCUT2D eigenvalue weighted by Gasteiger charge is 2.11. The van der Waals surface area contributed by atoms with Crippen molar-refractivity contribution in [3.63, 3.8) is 0 Å². The van der Waals surface area contributed by atoms with Gasteiger partial charge in [0.1, 0.15) is 0 Å². The number of aryl methyl sites for hydroxylation is 4. The van der Waals surface area contributed by atoms with Crippen molar-refractivity contribution in [1.82, 2.24) is 9.97 Å². The molecule has 0 aliphatic heterocycles. The Labute approximate surface area is 110 Å². The molecule has 0 bridgehead atoms. The summed E-state index contributed by atoms with van der Waals surface area (Å²) >= 11 is 1.51. The van der Waals surface area contributed by atoms with E-state index in [0.29, 0.717) is 11.6 Å². The number of hydrogen-bond donors (Lipinski definition) is 2. The van der Waals surface area contributed by atoms with Gasteiger partial charge >= 0.3 is 0 Å². The standard InChI is InChI=1S/C13H17N3OS/c1-7-5-11(9(3)14-7)6-12(17)16-13-15-8(2)10(4)18-13/h5,14H,6H2,1-4H3,(H,15,16,17). The van der Waals surface area contributed by atoms with E-state index in [0.717, 1.165) is 27.5 Å². The summed E-state index contributed by atoms with van der Waals surface area (Å²) in [4.78, 5) is 20.5. The molecule has 0 aliphatic carbocycles. The Morgan fingerprint density at radius 3 is 2.61 bits per heavy atom. The van der Waals surface area contributed by atoms with Crippen LogP contribution in [-0.4, -0.2) is 15.9 Å². The maximum atomic E-state index is 11.9. The van der Waals surface area contributed by atoms with Crippen molar-refractivity contribution in [2.24, 2.45) is 0 Å². The number of carbonyl (C=O) groups excluding carboxylic acids is 1. The molecular formula is C13H17N3OS. The molecule has 0 fully saturated rings. The fraction of sp³-hybridized carbons (Fsp3) is 0.385. The number of hydrogen-bond acceptors (Lipinski definition) is 3. The van der Waals surface area contributed by atoms with Gasteiger partial charge in [-0.15, -0.1) is 11.3 Å². The number of nitrogens with one attached hydrogen (secondary N) is 2. The summed E-state index contributed by atoms with van der Waals surface area (Å²) in [5.74, 6) is -0.0224. The third-order valence-electron chi connectivity index (χ3n) is 2.88. The zero-order valence-electron chi connectivity index (χ0n) is 11.0. The predicted molar refractivity (Wildman–Crippen MR) is 74.2 cm³/mol. The Bertz CT molecular complexity index is 564. The molecule has 2 aromatic rings. The van der Waals surface area contributed by atoms with E-state index in [1.807, 2.05) is 33.8 Å². The van der Waals surface area contributed by atoms with Gasteiger partial charge in [-0.2, -0.15) is 0 Å². The first-order valence-electron chi connectivity index (χ1n) is 5.84. The summed E-state index contributed by atoms with van der Waals surface area (Å²) < 4.78 is 0. The van der Waals surface area contributed by atoms with Gasteiger partial charge in [0.25, 0.3) is 0 Å². The third kappa shape index (κ3) is 2.79. The van der Waals surface area contributed by atoms with Crippen LogP contribution in [0.15, 0.2) is 6.07 Å². The lowest BCUT2D eigenvalue weighted by Gasteiger charge is -2.01. The van der Waals surface area contributed by atoms with Gasteiger partial charge in [-0.05, 0) is 39.3 Å². The van der Waals surface area contributed by atoms with Crippen LogP contribution in [0.3, 0.4) is 0 Å². The van der Waals surface area contributed by atoms with Gasteiger partial charge in [-0.3, -0.25) is 4.79 Å². The number of amides is 1. The van der Waals surface area contributed by atoms with E-state index in [1.54, 1.807) is 0 Å². The molecule has 2 aromatic heterocycles. The van der Waals surface area contributed by atoms with Crippen LogP contribution in [0.25, 0.3) is 0 Å². The van der Waals surface area contributed by atoms with Crippen molar-refractivity contribution in [1.29, 1.82) is 0 Å². The van der Waals surface area contributed by atoms with Gasteiger partial charge in [-0.1, -0.05) is 0 Å². The first-order valence-corrected chi connectivity index (χ1v) is 6.66. The van der Waals surface area contributed by atoms with Gasteiger partial charge in [0.2, 0.25) is 5.91 Å². The topological polar surface area (TPSA) is 57.8 Å². The Hall–Kier alpha value is -1.62. The Balaban J connectivity index is 2.03. The van der Waals surface area contributed by atoms with Gasteiger partial charge < -0.3 is 10.3 Å². The highest BCUT2D eigenvalue weighted by atomic mass is 32.1. The smallest absolute Gasteiger partial charge is 0.230 e. The van der Waals surface area contributed by atoms with E-state index in [2.05, 4.69) is 15.3 Å².